The first-order chi connectivity index (χ1) is 11.4. The third kappa shape index (κ3) is 4.91. The predicted molar refractivity (Wildman–Crippen MR) is 97.8 cm³/mol. The van der Waals surface area contributed by atoms with Gasteiger partial charge in [0.2, 0.25) is 0 Å². The van der Waals surface area contributed by atoms with E-state index >= 15 is 0 Å². The van der Waals surface area contributed by atoms with Crippen LogP contribution in [0.25, 0.3) is 0 Å². The van der Waals surface area contributed by atoms with Gasteiger partial charge in [-0.25, -0.2) is 8.42 Å². The minimum Gasteiger partial charge on any atom is -0.312 e. The maximum absolute atomic E-state index is 11.7. The van der Waals surface area contributed by atoms with Crippen molar-refractivity contribution in [1.29, 1.82) is 0 Å². The first-order valence-electron chi connectivity index (χ1n) is 9.52. The van der Waals surface area contributed by atoms with Crippen molar-refractivity contribution in [3.05, 3.63) is 0 Å². The Morgan fingerprint density at radius 2 is 1.67 bits per heavy atom. The number of sulfone groups is 1. The number of piperazine rings is 1. The molecule has 3 rings (SSSR count). The van der Waals surface area contributed by atoms with Gasteiger partial charge in [-0.05, 0) is 64.6 Å². The molecule has 0 aromatic heterocycles. The highest BCUT2D eigenvalue weighted by molar-refractivity contribution is 7.91. The molecule has 2 saturated heterocycles. The van der Waals surface area contributed by atoms with Crippen molar-refractivity contribution < 1.29 is 8.42 Å². The van der Waals surface area contributed by atoms with Crippen LogP contribution in [0.15, 0.2) is 0 Å². The second kappa shape index (κ2) is 7.99. The van der Waals surface area contributed by atoms with Gasteiger partial charge in [0.1, 0.15) is 9.84 Å². The summed E-state index contributed by atoms with van der Waals surface area (Å²) in [5, 5.41) is 11.0. The highest BCUT2D eigenvalue weighted by atomic mass is 32.2. The van der Waals surface area contributed by atoms with Gasteiger partial charge in [0.15, 0.2) is 0 Å². The fourth-order valence-corrected chi connectivity index (χ4v) is 5.68. The fraction of sp³-hybridized carbons (Fsp3) is 1.00. The van der Waals surface area contributed by atoms with Crippen molar-refractivity contribution in [2.75, 3.05) is 39.5 Å². The lowest BCUT2D eigenvalue weighted by Crippen LogP contribution is -2.64. The Hall–Kier alpha value is -0.210. The molecule has 2 unspecified atom stereocenters. The lowest BCUT2D eigenvalue weighted by Gasteiger charge is -2.41. The van der Waals surface area contributed by atoms with Crippen LogP contribution in [-0.2, 0) is 9.84 Å². The standard InChI is InChI=1S/C17H34N4O2S/c1-21-9-7-14(8-10-21)19-17-12-18-11-16(20-17)13-3-5-15(6-4-13)24(2,22)23/h13-20H,3-12H2,1-2H3. The Bertz CT molecular complexity index is 497. The summed E-state index contributed by atoms with van der Waals surface area (Å²) in [5.74, 6) is 0.595. The molecule has 0 radical (unpaired) electrons. The van der Waals surface area contributed by atoms with Gasteiger partial charge in [-0.2, -0.15) is 0 Å². The van der Waals surface area contributed by atoms with Gasteiger partial charge < -0.3 is 10.2 Å². The summed E-state index contributed by atoms with van der Waals surface area (Å²) in [6, 6.07) is 1.07. The summed E-state index contributed by atoms with van der Waals surface area (Å²) < 4.78 is 23.4. The van der Waals surface area contributed by atoms with E-state index in [1.807, 2.05) is 0 Å². The molecule has 7 heteroatoms. The molecule has 0 aromatic carbocycles. The van der Waals surface area contributed by atoms with Crippen molar-refractivity contribution in [3.8, 4) is 0 Å². The highest BCUT2D eigenvalue weighted by Crippen LogP contribution is 2.30. The van der Waals surface area contributed by atoms with Gasteiger partial charge in [0.05, 0.1) is 11.4 Å². The Morgan fingerprint density at radius 1 is 1.00 bits per heavy atom. The zero-order chi connectivity index (χ0) is 17.2. The molecule has 3 fully saturated rings. The van der Waals surface area contributed by atoms with E-state index in [1.54, 1.807) is 0 Å². The van der Waals surface area contributed by atoms with E-state index in [9.17, 15) is 8.42 Å². The largest absolute Gasteiger partial charge is 0.312 e. The number of nitrogens with one attached hydrogen (secondary N) is 3. The van der Waals surface area contributed by atoms with Crippen LogP contribution in [0.1, 0.15) is 38.5 Å². The molecule has 140 valence electrons. The van der Waals surface area contributed by atoms with Gasteiger partial charge in [-0.3, -0.25) is 10.6 Å². The van der Waals surface area contributed by atoms with Crippen molar-refractivity contribution in [3.63, 3.8) is 0 Å². The first-order valence-corrected chi connectivity index (χ1v) is 11.5. The number of piperidine rings is 1. The van der Waals surface area contributed by atoms with Gasteiger partial charge >= 0.3 is 0 Å². The molecule has 2 heterocycles. The lowest BCUT2D eigenvalue weighted by atomic mass is 9.83. The molecule has 3 N–H and O–H groups in total. The molecule has 0 bridgehead atoms. The van der Waals surface area contributed by atoms with Crippen LogP contribution in [0.4, 0.5) is 0 Å². The van der Waals surface area contributed by atoms with E-state index in [-0.39, 0.29) is 5.25 Å². The second-order valence-corrected chi connectivity index (χ2v) is 10.4. The maximum Gasteiger partial charge on any atom is 0.150 e. The van der Waals surface area contributed by atoms with Crippen LogP contribution in [0.3, 0.4) is 0 Å². The lowest BCUT2D eigenvalue weighted by molar-refractivity contribution is 0.171. The molecule has 2 aliphatic heterocycles. The van der Waals surface area contributed by atoms with Crippen LogP contribution < -0.4 is 16.0 Å². The van der Waals surface area contributed by atoms with Crippen LogP contribution in [-0.4, -0.2) is 76.3 Å². The molecular formula is C17H34N4O2S. The minimum atomic E-state index is -2.87. The monoisotopic (exact) mass is 358 g/mol. The van der Waals surface area contributed by atoms with Gasteiger partial charge in [0, 0.05) is 31.4 Å². The SMILES string of the molecule is CN1CCC(NC2CNCC(C3CCC(S(C)(=O)=O)CC3)N2)CC1. The van der Waals surface area contributed by atoms with Crippen molar-refractivity contribution in [1.82, 2.24) is 20.9 Å². The molecule has 0 amide bonds. The third-order valence-corrected chi connectivity index (χ3v) is 7.86. The molecular weight excluding hydrogens is 324 g/mol. The number of nitrogens with zero attached hydrogens (tertiary/aromatic N) is 1. The van der Waals surface area contributed by atoms with Crippen LogP contribution in [0.5, 0.6) is 0 Å². The highest BCUT2D eigenvalue weighted by Gasteiger charge is 2.34. The second-order valence-electron chi connectivity index (χ2n) is 8.09. The van der Waals surface area contributed by atoms with Crippen molar-refractivity contribution >= 4 is 9.84 Å². The maximum atomic E-state index is 11.7. The molecule has 0 spiro atoms. The first kappa shape index (κ1) is 18.6. The quantitative estimate of drug-likeness (QED) is 0.665. The average molecular weight is 359 g/mol. The Balaban J connectivity index is 1.46. The van der Waals surface area contributed by atoms with Gasteiger partial charge in [-0.1, -0.05) is 0 Å². The summed E-state index contributed by atoms with van der Waals surface area (Å²) in [6.45, 7) is 4.33. The zero-order valence-electron chi connectivity index (χ0n) is 15.1. The molecule has 2 atom stereocenters. The zero-order valence-corrected chi connectivity index (χ0v) is 15.9. The van der Waals surface area contributed by atoms with Crippen LogP contribution in [0.2, 0.25) is 0 Å². The van der Waals surface area contributed by atoms with Gasteiger partial charge in [-0.15, -0.1) is 0 Å². The topological polar surface area (TPSA) is 73.5 Å². The minimum absolute atomic E-state index is 0.113. The van der Waals surface area contributed by atoms with Crippen molar-refractivity contribution in [2.24, 2.45) is 5.92 Å². The number of likely N-dealkylation sites (tertiary alicyclic amines) is 1. The summed E-state index contributed by atoms with van der Waals surface area (Å²) in [5.41, 5.74) is 0. The van der Waals surface area contributed by atoms with E-state index in [0.717, 1.165) is 38.8 Å². The number of hydrogen-bond acceptors (Lipinski definition) is 6. The molecule has 1 aliphatic carbocycles. The van der Waals surface area contributed by atoms with E-state index < -0.39 is 9.84 Å². The Morgan fingerprint density at radius 3 is 2.29 bits per heavy atom. The van der Waals surface area contributed by atoms with Crippen molar-refractivity contribution in [2.45, 2.75) is 62.0 Å². The summed E-state index contributed by atoms with van der Waals surface area (Å²) in [7, 11) is -0.673. The van der Waals surface area contributed by atoms with Gasteiger partial charge in [0.25, 0.3) is 0 Å². The molecule has 6 nitrogen and oxygen atoms in total. The fourth-order valence-electron chi connectivity index (χ4n) is 4.55. The van der Waals surface area contributed by atoms with Crippen LogP contribution in [0, 0.1) is 5.92 Å². The normalized spacial score (nSPS) is 37.4. The van der Waals surface area contributed by atoms with E-state index in [0.29, 0.717) is 24.2 Å². The smallest absolute Gasteiger partial charge is 0.150 e. The van der Waals surface area contributed by atoms with E-state index in [2.05, 4.69) is 27.9 Å². The average Bonchev–Trinajstić information content (AvgIpc) is 2.57. The summed E-state index contributed by atoms with van der Waals surface area (Å²) >= 11 is 0. The van der Waals surface area contributed by atoms with Crippen LogP contribution >= 0.6 is 0 Å². The molecule has 3 aliphatic rings. The molecule has 1 saturated carbocycles. The van der Waals surface area contributed by atoms with E-state index in [1.165, 1.54) is 32.2 Å². The summed E-state index contributed by atoms with van der Waals surface area (Å²) in [6.07, 6.45) is 7.88. The predicted octanol–water partition coefficient (Wildman–Crippen LogP) is 0.161. The Kier molecular flexibility index (Phi) is 6.19. The number of hydrogen-bond donors (Lipinski definition) is 3. The van der Waals surface area contributed by atoms with E-state index in [4.69, 9.17) is 0 Å². The summed E-state index contributed by atoms with van der Waals surface area (Å²) in [4.78, 5) is 2.40. The Labute approximate surface area is 147 Å². The number of rotatable bonds is 4. The molecule has 24 heavy (non-hydrogen) atoms. The third-order valence-electron chi connectivity index (χ3n) is 6.18. The molecule has 0 aromatic rings.